The first-order valence-electron chi connectivity index (χ1n) is 10.1. The molecule has 0 aliphatic heterocycles. The summed E-state index contributed by atoms with van der Waals surface area (Å²) in [4.78, 5) is 0. The van der Waals surface area contributed by atoms with Crippen molar-refractivity contribution in [2.24, 2.45) is 0 Å². The summed E-state index contributed by atoms with van der Waals surface area (Å²) in [5.74, 6) is 0. The number of hydrogen-bond donors (Lipinski definition) is 0. The fourth-order valence-corrected chi connectivity index (χ4v) is 5.86. The molecule has 0 fully saturated rings. The van der Waals surface area contributed by atoms with E-state index in [0.717, 1.165) is 11.2 Å². The van der Waals surface area contributed by atoms with E-state index in [0.29, 0.717) is 0 Å². The van der Waals surface area contributed by atoms with Crippen LogP contribution in [0.25, 0.3) is 64.0 Å². The molecule has 0 atom stereocenters. The minimum Gasteiger partial charge on any atom is -0.455 e. The molecule has 0 aliphatic rings. The standard InChI is InChI=1S/C28H16OS/c1-2-6-17(7-3-1)18-10-11-19-21-12-15-24-22(27(21)29-25(19)16-18)13-14-23-20-8-4-5-9-26(20)30-28(23)24/h1-16H. The fraction of sp³-hybridized carbons (Fsp3) is 0. The lowest BCUT2D eigenvalue weighted by atomic mass is 10.0. The maximum Gasteiger partial charge on any atom is 0.143 e. The van der Waals surface area contributed by atoms with Gasteiger partial charge in [0.05, 0.1) is 0 Å². The van der Waals surface area contributed by atoms with Crippen molar-refractivity contribution in [3.8, 4) is 11.1 Å². The van der Waals surface area contributed by atoms with Crippen LogP contribution in [0, 0.1) is 0 Å². The van der Waals surface area contributed by atoms with Crippen LogP contribution in [-0.4, -0.2) is 0 Å². The van der Waals surface area contributed by atoms with Crippen molar-refractivity contribution in [2.75, 3.05) is 0 Å². The van der Waals surface area contributed by atoms with E-state index < -0.39 is 0 Å². The molecule has 2 heteroatoms. The van der Waals surface area contributed by atoms with Crippen LogP contribution in [0.5, 0.6) is 0 Å². The highest BCUT2D eigenvalue weighted by Crippen LogP contribution is 2.42. The van der Waals surface area contributed by atoms with Gasteiger partial charge in [0.2, 0.25) is 0 Å². The topological polar surface area (TPSA) is 13.1 Å². The van der Waals surface area contributed by atoms with Gasteiger partial charge >= 0.3 is 0 Å². The van der Waals surface area contributed by atoms with E-state index in [9.17, 15) is 0 Å². The van der Waals surface area contributed by atoms with Crippen LogP contribution in [-0.2, 0) is 0 Å². The van der Waals surface area contributed by atoms with Gasteiger partial charge in [-0.15, -0.1) is 11.3 Å². The molecule has 30 heavy (non-hydrogen) atoms. The van der Waals surface area contributed by atoms with Crippen molar-refractivity contribution >= 4 is 64.2 Å². The van der Waals surface area contributed by atoms with Crippen LogP contribution in [0.4, 0.5) is 0 Å². The Bertz CT molecular complexity index is 1740. The monoisotopic (exact) mass is 400 g/mol. The normalized spacial score (nSPS) is 12.0. The van der Waals surface area contributed by atoms with Gasteiger partial charge in [0, 0.05) is 41.7 Å². The lowest BCUT2D eigenvalue weighted by Gasteiger charge is -2.01. The SMILES string of the molecule is c1ccc(-c2ccc3c(c2)oc2c3ccc3c2ccc2c4ccccc4sc23)cc1. The first kappa shape index (κ1) is 16.2. The summed E-state index contributed by atoms with van der Waals surface area (Å²) in [5.41, 5.74) is 4.30. The molecule has 5 aromatic carbocycles. The zero-order chi connectivity index (χ0) is 19.7. The number of thiophene rings is 1. The molecular formula is C28H16OS. The van der Waals surface area contributed by atoms with E-state index in [1.54, 1.807) is 0 Å². The summed E-state index contributed by atoms with van der Waals surface area (Å²) >= 11 is 1.86. The zero-order valence-corrected chi connectivity index (χ0v) is 16.9. The third kappa shape index (κ3) is 2.17. The van der Waals surface area contributed by atoms with Crippen LogP contribution >= 0.6 is 11.3 Å². The number of benzene rings is 5. The van der Waals surface area contributed by atoms with Crippen molar-refractivity contribution in [3.05, 3.63) is 97.1 Å². The Morgan fingerprint density at radius 3 is 2.03 bits per heavy atom. The summed E-state index contributed by atoms with van der Waals surface area (Å²) in [5, 5.41) is 7.45. The van der Waals surface area contributed by atoms with Crippen LogP contribution in [0.2, 0.25) is 0 Å². The molecule has 2 heterocycles. The third-order valence-electron chi connectivity index (χ3n) is 6.08. The van der Waals surface area contributed by atoms with E-state index in [1.807, 2.05) is 17.4 Å². The Labute approximate surface area is 176 Å². The van der Waals surface area contributed by atoms with Crippen molar-refractivity contribution in [1.82, 2.24) is 0 Å². The molecule has 140 valence electrons. The van der Waals surface area contributed by atoms with Gasteiger partial charge in [-0.3, -0.25) is 0 Å². The summed E-state index contributed by atoms with van der Waals surface area (Å²) in [6.45, 7) is 0. The third-order valence-corrected chi connectivity index (χ3v) is 7.30. The molecule has 0 bridgehead atoms. The molecule has 0 aliphatic carbocycles. The Kier molecular flexibility index (Phi) is 3.21. The van der Waals surface area contributed by atoms with Gasteiger partial charge in [-0.05, 0) is 41.5 Å². The van der Waals surface area contributed by atoms with E-state index in [2.05, 4.69) is 91.0 Å². The number of hydrogen-bond acceptors (Lipinski definition) is 2. The molecule has 0 N–H and O–H groups in total. The summed E-state index contributed by atoms with van der Waals surface area (Å²) < 4.78 is 9.12. The largest absolute Gasteiger partial charge is 0.455 e. The molecule has 0 saturated heterocycles. The van der Waals surface area contributed by atoms with E-state index in [1.165, 1.54) is 52.8 Å². The number of fused-ring (bicyclic) bond motifs is 9. The Hall–Kier alpha value is -3.62. The van der Waals surface area contributed by atoms with Crippen molar-refractivity contribution < 1.29 is 4.42 Å². The average Bonchev–Trinajstić information content (AvgIpc) is 3.37. The lowest BCUT2D eigenvalue weighted by Crippen LogP contribution is -1.76. The molecule has 0 amide bonds. The molecule has 0 unspecified atom stereocenters. The van der Waals surface area contributed by atoms with Crippen molar-refractivity contribution in [2.45, 2.75) is 0 Å². The van der Waals surface area contributed by atoms with E-state index in [4.69, 9.17) is 4.42 Å². The van der Waals surface area contributed by atoms with Gasteiger partial charge in [0.25, 0.3) is 0 Å². The highest BCUT2D eigenvalue weighted by atomic mass is 32.1. The molecule has 1 nitrogen and oxygen atoms in total. The van der Waals surface area contributed by atoms with Gasteiger partial charge < -0.3 is 4.42 Å². The van der Waals surface area contributed by atoms with Gasteiger partial charge in [-0.25, -0.2) is 0 Å². The van der Waals surface area contributed by atoms with Gasteiger partial charge in [-0.2, -0.15) is 0 Å². The molecule has 7 rings (SSSR count). The first-order valence-corrected chi connectivity index (χ1v) is 10.9. The second-order valence-electron chi connectivity index (χ2n) is 7.76. The van der Waals surface area contributed by atoms with Crippen LogP contribution < -0.4 is 0 Å². The first-order chi connectivity index (χ1) is 14.9. The zero-order valence-electron chi connectivity index (χ0n) is 16.1. The maximum atomic E-state index is 6.46. The molecule has 0 spiro atoms. The molecule has 2 aromatic heterocycles. The highest BCUT2D eigenvalue weighted by Gasteiger charge is 2.14. The Balaban J connectivity index is 1.55. The molecule has 0 radical (unpaired) electrons. The second-order valence-corrected chi connectivity index (χ2v) is 8.81. The smallest absolute Gasteiger partial charge is 0.143 e. The van der Waals surface area contributed by atoms with Crippen molar-refractivity contribution in [1.29, 1.82) is 0 Å². The summed E-state index contributed by atoms with van der Waals surface area (Å²) in [7, 11) is 0. The van der Waals surface area contributed by atoms with E-state index in [-0.39, 0.29) is 0 Å². The quantitative estimate of drug-likeness (QED) is 0.268. The summed E-state index contributed by atoms with van der Waals surface area (Å²) in [6.07, 6.45) is 0. The van der Waals surface area contributed by atoms with Crippen molar-refractivity contribution in [3.63, 3.8) is 0 Å². The second kappa shape index (κ2) is 5.94. The van der Waals surface area contributed by atoms with Gasteiger partial charge in [-0.1, -0.05) is 66.7 Å². The van der Waals surface area contributed by atoms with Crippen LogP contribution in [0.1, 0.15) is 0 Å². The maximum absolute atomic E-state index is 6.46. The van der Waals surface area contributed by atoms with Gasteiger partial charge in [0.1, 0.15) is 11.2 Å². The average molecular weight is 401 g/mol. The predicted molar refractivity (Wildman–Crippen MR) is 130 cm³/mol. The molecular weight excluding hydrogens is 384 g/mol. The van der Waals surface area contributed by atoms with Crippen LogP contribution in [0.3, 0.4) is 0 Å². The number of furan rings is 1. The number of rotatable bonds is 1. The van der Waals surface area contributed by atoms with E-state index >= 15 is 0 Å². The minimum absolute atomic E-state index is 0.940. The predicted octanol–water partition coefficient (Wildman–Crippen LogP) is 8.77. The Morgan fingerprint density at radius 2 is 1.17 bits per heavy atom. The Morgan fingerprint density at radius 1 is 0.500 bits per heavy atom. The summed E-state index contributed by atoms with van der Waals surface area (Å²) in [6, 6.07) is 34.6. The minimum atomic E-state index is 0.940. The fourth-order valence-electron chi connectivity index (χ4n) is 4.63. The molecule has 7 aromatic rings. The van der Waals surface area contributed by atoms with Crippen LogP contribution in [0.15, 0.2) is 101 Å². The van der Waals surface area contributed by atoms with Gasteiger partial charge in [0.15, 0.2) is 0 Å². The lowest BCUT2D eigenvalue weighted by molar-refractivity contribution is 0.673. The highest BCUT2D eigenvalue weighted by molar-refractivity contribution is 7.26. The molecule has 0 saturated carbocycles.